The van der Waals surface area contributed by atoms with Crippen molar-refractivity contribution >= 4 is 65.0 Å². The Morgan fingerprint density at radius 3 is 1.98 bits per heavy atom. The van der Waals surface area contributed by atoms with Gasteiger partial charge in [0.1, 0.15) is 11.2 Å². The van der Waals surface area contributed by atoms with Gasteiger partial charge in [0.15, 0.2) is 0 Å². The second kappa shape index (κ2) is 8.55. The van der Waals surface area contributed by atoms with E-state index in [-0.39, 0.29) is 29.7 Å². The monoisotopic (exact) mass is 524 g/mol. The van der Waals surface area contributed by atoms with Crippen molar-refractivity contribution in [2.24, 2.45) is 0 Å². The van der Waals surface area contributed by atoms with E-state index in [0.717, 1.165) is 54.1 Å². The molecule has 1 aromatic heterocycles. The Morgan fingerprint density at radius 2 is 1.10 bits per heavy atom. The van der Waals surface area contributed by atoms with Crippen LogP contribution in [0.25, 0.3) is 87.3 Å². The number of hydrogen-bond donors (Lipinski definition) is 0. The van der Waals surface area contributed by atoms with Crippen molar-refractivity contribution in [2.75, 3.05) is 0 Å². The summed E-state index contributed by atoms with van der Waals surface area (Å²) >= 11 is 0. The SMILES string of the molecule is [2H]c1c([2H])c(-c2cccc3c2ccc2cc4ccccc4cc23)c([2H])c([2H])c1-c1ccc2oc3c4ccccc4ccc3c2c1. The molecule has 0 amide bonds. The first kappa shape index (κ1) is 18.8. The summed E-state index contributed by atoms with van der Waals surface area (Å²) in [5, 5.41) is 10.4. The molecule has 8 aromatic carbocycles. The number of rotatable bonds is 2. The molecule has 0 bridgehead atoms. The van der Waals surface area contributed by atoms with Crippen LogP contribution in [-0.4, -0.2) is 0 Å². The fraction of sp³-hybridized carbons (Fsp3) is 0. The molecule has 0 unspecified atom stereocenters. The molecule has 0 aliphatic heterocycles. The molecule has 0 atom stereocenters. The van der Waals surface area contributed by atoms with Crippen molar-refractivity contribution in [3.8, 4) is 22.3 Å². The van der Waals surface area contributed by atoms with Gasteiger partial charge in [-0.2, -0.15) is 0 Å². The minimum atomic E-state index is -0.0626. The molecule has 0 fully saturated rings. The van der Waals surface area contributed by atoms with Crippen molar-refractivity contribution in [3.63, 3.8) is 0 Å². The van der Waals surface area contributed by atoms with Gasteiger partial charge >= 0.3 is 0 Å². The quantitative estimate of drug-likeness (QED) is 0.162. The van der Waals surface area contributed by atoms with Crippen molar-refractivity contribution in [2.45, 2.75) is 0 Å². The normalized spacial score (nSPS) is 13.3. The van der Waals surface area contributed by atoms with Crippen LogP contribution < -0.4 is 0 Å². The van der Waals surface area contributed by atoms with E-state index >= 15 is 0 Å². The Morgan fingerprint density at radius 1 is 0.390 bits per heavy atom. The van der Waals surface area contributed by atoms with E-state index in [2.05, 4.69) is 48.5 Å². The van der Waals surface area contributed by atoms with Gasteiger partial charge in [0, 0.05) is 16.2 Å². The zero-order valence-corrected chi connectivity index (χ0v) is 22.0. The second-order valence-corrected chi connectivity index (χ2v) is 10.6. The van der Waals surface area contributed by atoms with Crippen LogP contribution in [0.4, 0.5) is 0 Å². The third-order valence-electron chi connectivity index (χ3n) is 8.29. The van der Waals surface area contributed by atoms with E-state index in [1.165, 1.54) is 5.39 Å². The molecule has 9 rings (SSSR count). The van der Waals surface area contributed by atoms with Gasteiger partial charge in [0.2, 0.25) is 0 Å². The minimum Gasteiger partial charge on any atom is -0.455 e. The van der Waals surface area contributed by atoms with Crippen LogP contribution in [0, 0.1) is 0 Å². The van der Waals surface area contributed by atoms with Gasteiger partial charge in [-0.05, 0) is 90.3 Å². The molecule has 9 aromatic rings. The maximum absolute atomic E-state index is 9.15. The molecule has 1 heterocycles. The molecule has 0 aliphatic carbocycles. The molecular weight excluding hydrogens is 496 g/mol. The van der Waals surface area contributed by atoms with E-state index in [0.29, 0.717) is 22.3 Å². The molecule has 0 aliphatic rings. The maximum Gasteiger partial charge on any atom is 0.143 e. The first-order valence-corrected chi connectivity index (χ1v) is 13.8. The van der Waals surface area contributed by atoms with Crippen LogP contribution in [0.5, 0.6) is 0 Å². The van der Waals surface area contributed by atoms with E-state index in [1.54, 1.807) is 0 Å². The average Bonchev–Trinajstić information content (AvgIpc) is 3.45. The molecule has 0 radical (unpaired) electrons. The topological polar surface area (TPSA) is 13.1 Å². The van der Waals surface area contributed by atoms with Crippen LogP contribution in [0.2, 0.25) is 0 Å². The lowest BCUT2D eigenvalue weighted by Gasteiger charge is -2.11. The highest BCUT2D eigenvalue weighted by Crippen LogP contribution is 2.38. The van der Waals surface area contributed by atoms with Gasteiger partial charge in [-0.3, -0.25) is 0 Å². The number of hydrogen-bond acceptors (Lipinski definition) is 1. The smallest absolute Gasteiger partial charge is 0.143 e. The van der Waals surface area contributed by atoms with Gasteiger partial charge in [0.25, 0.3) is 0 Å². The molecule has 41 heavy (non-hydrogen) atoms. The third-order valence-corrected chi connectivity index (χ3v) is 8.29. The lowest BCUT2D eigenvalue weighted by atomic mass is 9.92. The van der Waals surface area contributed by atoms with Gasteiger partial charge in [-0.1, -0.05) is 115 Å². The zero-order chi connectivity index (χ0) is 30.4. The van der Waals surface area contributed by atoms with Crippen LogP contribution in [0.15, 0.2) is 150 Å². The van der Waals surface area contributed by atoms with Crippen molar-refractivity contribution in [1.82, 2.24) is 0 Å². The molecule has 190 valence electrons. The Hall–Kier alpha value is -5.40. The first-order chi connectivity index (χ1) is 22.0. The Bertz CT molecular complexity index is 2680. The van der Waals surface area contributed by atoms with E-state index in [9.17, 15) is 0 Å². The summed E-state index contributed by atoms with van der Waals surface area (Å²) in [4.78, 5) is 0. The summed E-state index contributed by atoms with van der Waals surface area (Å²) < 4.78 is 42.8. The van der Waals surface area contributed by atoms with Gasteiger partial charge in [0.05, 0.1) is 5.48 Å². The summed E-state index contributed by atoms with van der Waals surface area (Å²) in [6.45, 7) is 0. The summed E-state index contributed by atoms with van der Waals surface area (Å²) in [6.07, 6.45) is 0. The second-order valence-electron chi connectivity index (χ2n) is 10.6. The lowest BCUT2D eigenvalue weighted by Crippen LogP contribution is -1.85. The number of fused-ring (bicyclic) bond motifs is 9. The number of benzene rings is 8. The molecular formula is C40H24O. The van der Waals surface area contributed by atoms with Crippen LogP contribution in [-0.2, 0) is 0 Å². The number of furan rings is 1. The molecule has 0 N–H and O–H groups in total. The van der Waals surface area contributed by atoms with Crippen LogP contribution >= 0.6 is 0 Å². The van der Waals surface area contributed by atoms with Crippen molar-refractivity contribution in [3.05, 3.63) is 145 Å². The Labute approximate surface area is 242 Å². The van der Waals surface area contributed by atoms with E-state index in [4.69, 9.17) is 9.90 Å². The Balaban J connectivity index is 1.25. The predicted molar refractivity (Wildman–Crippen MR) is 175 cm³/mol. The maximum atomic E-state index is 9.15. The molecule has 0 spiro atoms. The average molecular weight is 525 g/mol. The summed E-state index contributed by atoms with van der Waals surface area (Å²) in [5.41, 5.74) is 3.41. The van der Waals surface area contributed by atoms with Gasteiger partial charge < -0.3 is 4.42 Å². The molecule has 1 nitrogen and oxygen atoms in total. The summed E-state index contributed by atoms with van der Waals surface area (Å²) in [5.74, 6) is 0. The summed E-state index contributed by atoms with van der Waals surface area (Å²) in [6, 6.07) is 40.2. The third kappa shape index (κ3) is 3.43. The van der Waals surface area contributed by atoms with Crippen LogP contribution in [0.1, 0.15) is 5.48 Å². The minimum absolute atomic E-state index is 0.0553. The van der Waals surface area contributed by atoms with Gasteiger partial charge in [-0.15, -0.1) is 0 Å². The molecule has 1 heteroatoms. The first-order valence-electron chi connectivity index (χ1n) is 15.8. The van der Waals surface area contributed by atoms with Gasteiger partial charge in [-0.25, -0.2) is 0 Å². The highest BCUT2D eigenvalue weighted by atomic mass is 16.3. The summed E-state index contributed by atoms with van der Waals surface area (Å²) in [7, 11) is 0. The fourth-order valence-electron chi connectivity index (χ4n) is 6.25. The standard InChI is InChI=1S/C40H24O/c1-2-8-29-23-37-31(22-28(29)7-1)17-19-35-32(10-5-11-34(35)37)27-14-12-25(13-15-27)30-18-21-39-38(24-30)36-20-16-26-6-3-4-9-33(26)40(36)41-39/h1-24H/i12D,13D,14D,15D. The molecule has 0 saturated carbocycles. The predicted octanol–water partition coefficient (Wildman–Crippen LogP) is 11.5. The highest BCUT2D eigenvalue weighted by molar-refractivity contribution is 6.16. The van der Waals surface area contributed by atoms with E-state index < -0.39 is 0 Å². The zero-order valence-electron chi connectivity index (χ0n) is 26.0. The van der Waals surface area contributed by atoms with Crippen LogP contribution in [0.3, 0.4) is 0 Å². The van der Waals surface area contributed by atoms with Crippen molar-refractivity contribution in [1.29, 1.82) is 0 Å². The Kier molecular flexibility index (Phi) is 3.92. The fourth-order valence-corrected chi connectivity index (χ4v) is 6.25. The highest BCUT2D eigenvalue weighted by Gasteiger charge is 2.12. The lowest BCUT2D eigenvalue weighted by molar-refractivity contribution is 0.672. The largest absolute Gasteiger partial charge is 0.455 e. The molecule has 0 saturated heterocycles. The van der Waals surface area contributed by atoms with E-state index in [1.807, 2.05) is 72.8 Å². The van der Waals surface area contributed by atoms with Crippen molar-refractivity contribution < 1.29 is 9.90 Å².